The quantitative estimate of drug-likeness (QED) is 0.764. The fraction of sp³-hybridized carbons (Fsp3) is 1.00. The minimum atomic E-state index is -3.01. The van der Waals surface area contributed by atoms with Gasteiger partial charge in [0.05, 0.1) is 5.75 Å². The van der Waals surface area contributed by atoms with Crippen molar-refractivity contribution in [2.45, 2.75) is 33.1 Å². The highest BCUT2D eigenvalue weighted by Gasteiger charge is 2.23. The van der Waals surface area contributed by atoms with E-state index in [-0.39, 0.29) is 5.75 Å². The van der Waals surface area contributed by atoms with E-state index >= 15 is 0 Å². The highest BCUT2D eigenvalue weighted by Crippen LogP contribution is 2.16. The van der Waals surface area contributed by atoms with Crippen LogP contribution >= 0.6 is 0 Å². The number of rotatable bonds is 6. The summed E-state index contributed by atoms with van der Waals surface area (Å²) in [5.41, 5.74) is 0. The summed E-state index contributed by atoms with van der Waals surface area (Å²) in [6.07, 6.45) is 3.09. The molecule has 0 radical (unpaired) electrons. The number of nitrogens with one attached hydrogen (secondary N) is 1. The molecule has 1 rings (SSSR count). The van der Waals surface area contributed by atoms with Crippen LogP contribution in [0.2, 0.25) is 0 Å². The summed E-state index contributed by atoms with van der Waals surface area (Å²) in [5.74, 6) is 0.756. The molecule has 1 aliphatic heterocycles. The molecule has 4 nitrogen and oxygen atoms in total. The largest absolute Gasteiger partial charge is 0.317 e. The normalized spacial score (nSPS) is 19.2. The van der Waals surface area contributed by atoms with Crippen molar-refractivity contribution in [3.8, 4) is 0 Å². The Kier molecular flexibility index (Phi) is 5.72. The second-order valence-corrected chi connectivity index (χ2v) is 6.71. The maximum absolute atomic E-state index is 11.9. The van der Waals surface area contributed by atoms with Gasteiger partial charge in [0.15, 0.2) is 0 Å². The van der Waals surface area contributed by atoms with Gasteiger partial charge < -0.3 is 5.32 Å². The van der Waals surface area contributed by atoms with Gasteiger partial charge in [0.2, 0.25) is 10.0 Å². The highest BCUT2D eigenvalue weighted by atomic mass is 32.2. The maximum atomic E-state index is 11.9. The lowest BCUT2D eigenvalue weighted by atomic mass is 9.98. The molecule has 0 amide bonds. The van der Waals surface area contributed by atoms with E-state index in [9.17, 15) is 8.42 Å². The van der Waals surface area contributed by atoms with Crippen LogP contribution in [0.1, 0.15) is 33.1 Å². The van der Waals surface area contributed by atoms with Gasteiger partial charge in [-0.3, -0.25) is 0 Å². The molecule has 0 saturated carbocycles. The average molecular weight is 248 g/mol. The maximum Gasteiger partial charge on any atom is 0.213 e. The minimum Gasteiger partial charge on any atom is -0.317 e. The fourth-order valence-corrected chi connectivity index (χ4v) is 3.39. The predicted octanol–water partition coefficient (Wildman–Crippen LogP) is 1.05. The molecule has 96 valence electrons. The van der Waals surface area contributed by atoms with E-state index in [0.717, 1.165) is 32.4 Å². The lowest BCUT2D eigenvalue weighted by Gasteiger charge is -2.29. The Morgan fingerprint density at radius 3 is 2.38 bits per heavy atom. The lowest BCUT2D eigenvalue weighted by Crippen LogP contribution is -2.40. The van der Waals surface area contributed by atoms with E-state index in [4.69, 9.17) is 0 Å². The standard InChI is InChI=1S/C11H24N2O2S/c1-3-9-13(16(14,15)4-2)10-11-5-7-12-8-6-11/h11-12H,3-10H2,1-2H3. The molecule has 1 fully saturated rings. The topological polar surface area (TPSA) is 49.4 Å². The summed E-state index contributed by atoms with van der Waals surface area (Å²) in [4.78, 5) is 0. The highest BCUT2D eigenvalue weighted by molar-refractivity contribution is 7.89. The average Bonchev–Trinajstić information content (AvgIpc) is 2.30. The zero-order chi connectivity index (χ0) is 12.0. The van der Waals surface area contributed by atoms with Crippen molar-refractivity contribution in [1.82, 2.24) is 9.62 Å². The third kappa shape index (κ3) is 4.03. The Balaban J connectivity index is 2.56. The van der Waals surface area contributed by atoms with Crippen molar-refractivity contribution < 1.29 is 8.42 Å². The molecule has 0 bridgehead atoms. The van der Waals surface area contributed by atoms with Crippen LogP contribution in [0, 0.1) is 5.92 Å². The fourth-order valence-electron chi connectivity index (χ4n) is 2.13. The van der Waals surface area contributed by atoms with Gasteiger partial charge in [0, 0.05) is 13.1 Å². The van der Waals surface area contributed by atoms with Gasteiger partial charge in [0.25, 0.3) is 0 Å². The van der Waals surface area contributed by atoms with E-state index in [1.165, 1.54) is 0 Å². The van der Waals surface area contributed by atoms with E-state index in [2.05, 4.69) is 5.32 Å². The predicted molar refractivity (Wildman–Crippen MR) is 66.9 cm³/mol. The van der Waals surface area contributed by atoms with E-state index in [1.54, 1.807) is 11.2 Å². The number of sulfonamides is 1. The van der Waals surface area contributed by atoms with Gasteiger partial charge in [0.1, 0.15) is 0 Å². The molecule has 0 aromatic heterocycles. The van der Waals surface area contributed by atoms with Gasteiger partial charge in [-0.1, -0.05) is 6.92 Å². The van der Waals surface area contributed by atoms with Crippen LogP contribution in [0.4, 0.5) is 0 Å². The van der Waals surface area contributed by atoms with Gasteiger partial charge in [-0.15, -0.1) is 0 Å². The molecule has 0 aromatic carbocycles. The first kappa shape index (κ1) is 13.9. The Labute approximate surface area is 99.5 Å². The van der Waals surface area contributed by atoms with Gasteiger partial charge in [-0.2, -0.15) is 0 Å². The van der Waals surface area contributed by atoms with Crippen LogP contribution in [-0.2, 0) is 10.0 Å². The first-order chi connectivity index (χ1) is 7.60. The van der Waals surface area contributed by atoms with Crippen molar-refractivity contribution >= 4 is 10.0 Å². The molecule has 1 aliphatic rings. The van der Waals surface area contributed by atoms with Crippen LogP contribution in [-0.4, -0.2) is 44.7 Å². The SMILES string of the molecule is CCCN(CC1CCNCC1)S(=O)(=O)CC. The Bertz CT molecular complexity index is 284. The molecule has 0 aliphatic carbocycles. The van der Waals surface area contributed by atoms with Crippen LogP contribution in [0.25, 0.3) is 0 Å². The molecular weight excluding hydrogens is 224 g/mol. The summed E-state index contributed by atoms with van der Waals surface area (Å²) >= 11 is 0. The molecule has 1 N–H and O–H groups in total. The summed E-state index contributed by atoms with van der Waals surface area (Å²) in [5, 5.41) is 3.30. The van der Waals surface area contributed by atoms with Gasteiger partial charge in [-0.05, 0) is 45.2 Å². The number of nitrogens with zero attached hydrogens (tertiary/aromatic N) is 1. The molecule has 0 unspecified atom stereocenters. The van der Waals surface area contributed by atoms with E-state index < -0.39 is 10.0 Å². The van der Waals surface area contributed by atoms with Crippen molar-refractivity contribution in [2.75, 3.05) is 31.9 Å². The molecule has 0 spiro atoms. The van der Waals surface area contributed by atoms with Crippen LogP contribution < -0.4 is 5.32 Å². The monoisotopic (exact) mass is 248 g/mol. The Morgan fingerprint density at radius 2 is 1.88 bits per heavy atom. The van der Waals surface area contributed by atoms with Gasteiger partial charge in [-0.25, -0.2) is 12.7 Å². The first-order valence-corrected chi connectivity index (χ1v) is 7.89. The summed E-state index contributed by atoms with van der Waals surface area (Å²) < 4.78 is 25.4. The van der Waals surface area contributed by atoms with E-state index in [0.29, 0.717) is 19.0 Å². The third-order valence-electron chi connectivity index (χ3n) is 3.15. The zero-order valence-electron chi connectivity index (χ0n) is 10.4. The molecule has 16 heavy (non-hydrogen) atoms. The third-order valence-corrected chi connectivity index (χ3v) is 5.00. The van der Waals surface area contributed by atoms with Crippen molar-refractivity contribution in [3.05, 3.63) is 0 Å². The van der Waals surface area contributed by atoms with Crippen molar-refractivity contribution in [3.63, 3.8) is 0 Å². The molecule has 1 saturated heterocycles. The smallest absolute Gasteiger partial charge is 0.213 e. The van der Waals surface area contributed by atoms with Crippen molar-refractivity contribution in [2.24, 2.45) is 5.92 Å². The van der Waals surface area contributed by atoms with Crippen LogP contribution in [0.5, 0.6) is 0 Å². The summed E-state index contributed by atoms with van der Waals surface area (Å²) in [6, 6.07) is 0. The summed E-state index contributed by atoms with van der Waals surface area (Å²) in [6.45, 7) is 7.18. The zero-order valence-corrected chi connectivity index (χ0v) is 11.2. The van der Waals surface area contributed by atoms with Crippen molar-refractivity contribution in [1.29, 1.82) is 0 Å². The Morgan fingerprint density at radius 1 is 1.25 bits per heavy atom. The van der Waals surface area contributed by atoms with Crippen LogP contribution in [0.15, 0.2) is 0 Å². The molecule has 5 heteroatoms. The molecule has 0 aromatic rings. The second-order valence-electron chi connectivity index (χ2n) is 4.45. The Hall–Kier alpha value is -0.130. The molecule has 1 heterocycles. The van der Waals surface area contributed by atoms with E-state index in [1.807, 2.05) is 6.92 Å². The number of hydrogen-bond donors (Lipinski definition) is 1. The first-order valence-electron chi connectivity index (χ1n) is 6.28. The lowest BCUT2D eigenvalue weighted by molar-refractivity contribution is 0.288. The number of piperidine rings is 1. The van der Waals surface area contributed by atoms with Crippen LogP contribution in [0.3, 0.4) is 0 Å². The number of hydrogen-bond acceptors (Lipinski definition) is 3. The molecular formula is C11H24N2O2S. The minimum absolute atomic E-state index is 0.220. The van der Waals surface area contributed by atoms with Gasteiger partial charge >= 0.3 is 0 Å². The summed E-state index contributed by atoms with van der Waals surface area (Å²) in [7, 11) is -3.01. The second kappa shape index (κ2) is 6.57. The molecule has 0 atom stereocenters.